The molecule has 1 unspecified atom stereocenters. The molecule has 0 bridgehead atoms. The summed E-state index contributed by atoms with van der Waals surface area (Å²) in [4.78, 5) is 0. The Bertz CT molecular complexity index is 491. The largest absolute Gasteiger partial charge is 0.317 e. The van der Waals surface area contributed by atoms with Crippen LogP contribution in [-0.2, 0) is 6.42 Å². The van der Waals surface area contributed by atoms with Crippen LogP contribution < -0.4 is 0 Å². The number of aromatic nitrogens is 1. The molecule has 1 aromatic rings. The monoisotopic (exact) mass is 227 g/mol. The summed E-state index contributed by atoms with van der Waals surface area (Å²) in [6.45, 7) is 0. The molecule has 1 nitrogen and oxygen atoms in total. The Hall–Kier alpha value is -1.28. The molecule has 2 aliphatic carbocycles. The molecule has 0 saturated heterocycles. The Balaban J connectivity index is 2.00. The van der Waals surface area contributed by atoms with Gasteiger partial charge in [-0.3, -0.25) is 0 Å². The molecule has 0 radical (unpaired) electrons. The van der Waals surface area contributed by atoms with Crippen molar-refractivity contribution < 1.29 is 0 Å². The summed E-state index contributed by atoms with van der Waals surface area (Å²) >= 11 is 0. The lowest BCUT2D eigenvalue weighted by Crippen LogP contribution is -2.03. The quantitative estimate of drug-likeness (QED) is 0.649. The van der Waals surface area contributed by atoms with Crippen molar-refractivity contribution in [2.24, 2.45) is 0 Å². The number of hydrogen-bond acceptors (Lipinski definition) is 0. The first-order valence-corrected chi connectivity index (χ1v) is 7.25. The molecule has 2 heteroatoms. The van der Waals surface area contributed by atoms with Gasteiger partial charge < -0.3 is 4.57 Å². The first-order valence-electron chi connectivity index (χ1n) is 6.10. The molecule has 16 heavy (non-hydrogen) atoms. The van der Waals surface area contributed by atoms with Gasteiger partial charge in [0.05, 0.1) is 0 Å². The first kappa shape index (κ1) is 9.91. The number of hydrogen-bond donors (Lipinski definition) is 0. The van der Waals surface area contributed by atoms with Crippen molar-refractivity contribution >= 4 is 22.0 Å². The van der Waals surface area contributed by atoms with Crippen LogP contribution in [0.5, 0.6) is 0 Å². The molecule has 0 N–H and O–H groups in total. The molecule has 3 rings (SSSR count). The Morgan fingerprint density at radius 1 is 1.31 bits per heavy atom. The summed E-state index contributed by atoms with van der Waals surface area (Å²) in [6.07, 6.45) is 17.4. The van der Waals surface area contributed by atoms with Crippen molar-refractivity contribution in [2.75, 3.05) is 0 Å². The summed E-state index contributed by atoms with van der Waals surface area (Å²) in [5, 5.41) is 0. The highest BCUT2D eigenvalue weighted by Gasteiger charge is 2.12. The second-order valence-corrected chi connectivity index (χ2v) is 6.22. The molecular weight excluding hydrogens is 210 g/mol. The molecule has 0 fully saturated rings. The Morgan fingerprint density at radius 2 is 2.25 bits per heavy atom. The highest BCUT2D eigenvalue weighted by Crippen LogP contribution is 2.27. The fraction of sp³-hybridized carbons (Fsp3) is 0.286. The Morgan fingerprint density at radius 3 is 3.06 bits per heavy atom. The Labute approximate surface area is 99.6 Å². The van der Waals surface area contributed by atoms with E-state index >= 15 is 0 Å². The second kappa shape index (κ2) is 3.94. The van der Waals surface area contributed by atoms with Gasteiger partial charge in [-0.1, -0.05) is 18.2 Å². The maximum absolute atomic E-state index is 2.38. The van der Waals surface area contributed by atoms with E-state index in [4.69, 9.17) is 0 Å². The van der Waals surface area contributed by atoms with Gasteiger partial charge in [0.1, 0.15) is 0 Å². The van der Waals surface area contributed by atoms with Gasteiger partial charge in [0, 0.05) is 27.8 Å². The van der Waals surface area contributed by atoms with E-state index in [0.29, 0.717) is 0 Å². The minimum atomic E-state index is 0.825. The van der Waals surface area contributed by atoms with Gasteiger partial charge in [0.25, 0.3) is 0 Å². The van der Waals surface area contributed by atoms with Crippen LogP contribution in [0.1, 0.15) is 24.1 Å². The summed E-state index contributed by atoms with van der Waals surface area (Å²) in [5.41, 5.74) is 5.05. The van der Waals surface area contributed by atoms with Crippen LogP contribution in [-0.4, -0.2) is 14.8 Å². The van der Waals surface area contributed by atoms with Gasteiger partial charge in [-0.05, 0) is 48.6 Å². The lowest BCUT2D eigenvalue weighted by molar-refractivity contribution is 0.953. The number of aryl methyl sites for hydroxylation is 1. The van der Waals surface area contributed by atoms with Crippen molar-refractivity contribution in [1.29, 1.82) is 0 Å². The molecule has 1 aromatic heterocycles. The molecule has 0 saturated carbocycles. The summed E-state index contributed by atoms with van der Waals surface area (Å²) < 4.78 is 2.33. The van der Waals surface area contributed by atoms with Gasteiger partial charge in [-0.25, -0.2) is 0 Å². The lowest BCUT2D eigenvalue weighted by atomic mass is 10.0. The molecule has 0 amide bonds. The zero-order valence-corrected chi connectivity index (χ0v) is 11.7. The molecule has 1 heterocycles. The predicted octanol–water partition coefficient (Wildman–Crippen LogP) is 2.40. The van der Waals surface area contributed by atoms with Crippen LogP contribution >= 0.6 is 0 Å². The second-order valence-electron chi connectivity index (χ2n) is 4.74. The lowest BCUT2D eigenvalue weighted by Gasteiger charge is -2.16. The minimum absolute atomic E-state index is 0.825. The number of nitrogens with zero attached hydrogens (tertiary/aromatic N) is 1. The van der Waals surface area contributed by atoms with Crippen molar-refractivity contribution in [1.82, 2.24) is 4.57 Å². The number of fused-ring (bicyclic) bond motifs is 1. The van der Waals surface area contributed by atoms with E-state index in [1.807, 2.05) is 0 Å². The number of rotatable bonds is 1. The SMILES string of the molecule is [SiH3]C1C=CC(n2ccc3c2C=CCC3)=CC1. The molecule has 1 atom stereocenters. The van der Waals surface area contributed by atoms with E-state index in [9.17, 15) is 0 Å². The number of allylic oxidation sites excluding steroid dienone is 5. The molecular formula is C14H17NSi. The van der Waals surface area contributed by atoms with Crippen LogP contribution in [0.4, 0.5) is 0 Å². The zero-order chi connectivity index (χ0) is 11.0. The molecule has 0 spiro atoms. The first-order chi connectivity index (χ1) is 7.84. The maximum atomic E-state index is 2.38. The van der Waals surface area contributed by atoms with Gasteiger partial charge in [0.15, 0.2) is 0 Å². The minimum Gasteiger partial charge on any atom is -0.317 e. The van der Waals surface area contributed by atoms with E-state index < -0.39 is 0 Å². The van der Waals surface area contributed by atoms with Crippen LogP contribution in [0.15, 0.2) is 36.6 Å². The van der Waals surface area contributed by atoms with Crippen molar-refractivity contribution in [3.8, 4) is 0 Å². The highest BCUT2D eigenvalue weighted by atomic mass is 28.1. The molecule has 2 aliphatic rings. The van der Waals surface area contributed by atoms with Crippen LogP contribution in [0.25, 0.3) is 11.8 Å². The van der Waals surface area contributed by atoms with Crippen molar-refractivity contribution in [3.05, 3.63) is 47.8 Å². The third-order valence-corrected chi connectivity index (χ3v) is 4.30. The van der Waals surface area contributed by atoms with Gasteiger partial charge >= 0.3 is 0 Å². The van der Waals surface area contributed by atoms with E-state index in [1.165, 1.54) is 46.5 Å². The van der Waals surface area contributed by atoms with Crippen molar-refractivity contribution in [2.45, 2.75) is 24.8 Å². The van der Waals surface area contributed by atoms with Crippen LogP contribution in [0.3, 0.4) is 0 Å². The standard InChI is InChI=1S/C14H17NSi/c16-13-7-5-12(6-8-13)15-10-9-11-3-1-2-4-14(11)15/h2,4-7,9-10,13H,1,3,8H2,16H3. The fourth-order valence-electron chi connectivity index (χ4n) is 2.44. The van der Waals surface area contributed by atoms with Crippen LogP contribution in [0.2, 0.25) is 5.54 Å². The average Bonchev–Trinajstić information content (AvgIpc) is 2.74. The predicted molar refractivity (Wildman–Crippen MR) is 73.5 cm³/mol. The van der Waals surface area contributed by atoms with E-state index in [0.717, 1.165) is 5.54 Å². The fourth-order valence-corrected chi connectivity index (χ4v) is 2.87. The summed E-state index contributed by atoms with van der Waals surface area (Å²) in [5.74, 6) is 0. The maximum Gasteiger partial charge on any atom is 0.0484 e. The normalized spacial score (nSPS) is 23.2. The smallest absolute Gasteiger partial charge is 0.0484 e. The highest BCUT2D eigenvalue weighted by molar-refractivity contribution is 6.13. The van der Waals surface area contributed by atoms with Crippen LogP contribution in [0, 0.1) is 0 Å². The van der Waals surface area contributed by atoms with Gasteiger partial charge in [-0.2, -0.15) is 0 Å². The topological polar surface area (TPSA) is 4.93 Å². The van der Waals surface area contributed by atoms with E-state index in [1.54, 1.807) is 0 Å². The average molecular weight is 227 g/mol. The Kier molecular flexibility index (Phi) is 2.44. The van der Waals surface area contributed by atoms with E-state index in [2.05, 4.69) is 47.2 Å². The summed E-state index contributed by atoms with van der Waals surface area (Å²) in [7, 11) is 1.27. The van der Waals surface area contributed by atoms with Gasteiger partial charge in [-0.15, -0.1) is 0 Å². The third kappa shape index (κ3) is 1.63. The van der Waals surface area contributed by atoms with Gasteiger partial charge in [0.2, 0.25) is 0 Å². The van der Waals surface area contributed by atoms with E-state index in [-0.39, 0.29) is 0 Å². The molecule has 82 valence electrons. The van der Waals surface area contributed by atoms with Crippen molar-refractivity contribution in [3.63, 3.8) is 0 Å². The molecule has 0 aromatic carbocycles. The molecule has 0 aliphatic heterocycles. The summed E-state index contributed by atoms with van der Waals surface area (Å²) in [6, 6.07) is 2.26. The zero-order valence-electron chi connectivity index (χ0n) is 9.69. The third-order valence-electron chi connectivity index (χ3n) is 3.44.